The Morgan fingerprint density at radius 1 is 0.947 bits per heavy atom. The van der Waals surface area contributed by atoms with Crippen molar-refractivity contribution in [2.75, 3.05) is 6.61 Å². The largest absolute Gasteiger partial charge is 0.490 e. The molecule has 38 heavy (non-hydrogen) atoms. The molecule has 5 rings (SSSR count). The second-order valence-electron chi connectivity index (χ2n) is 8.41. The summed E-state index contributed by atoms with van der Waals surface area (Å²) in [7, 11) is 0. The minimum atomic E-state index is -0.488. The SMILES string of the molecule is CCOc1cc(/C=C2\SC(=O)N(Cc3cccc4ccccc34)C2=O)ccc1OC(=O)c1ccccc1I. The summed E-state index contributed by atoms with van der Waals surface area (Å²) in [5.74, 6) is -0.188. The summed E-state index contributed by atoms with van der Waals surface area (Å²) >= 11 is 2.99. The van der Waals surface area contributed by atoms with Crippen LogP contribution >= 0.6 is 34.4 Å². The number of imide groups is 1. The predicted octanol–water partition coefficient (Wildman–Crippen LogP) is 7.30. The highest BCUT2D eigenvalue weighted by molar-refractivity contribution is 14.1. The van der Waals surface area contributed by atoms with Crippen LogP contribution in [0.3, 0.4) is 0 Å². The second kappa shape index (κ2) is 11.4. The molecule has 0 N–H and O–H groups in total. The van der Waals surface area contributed by atoms with Crippen molar-refractivity contribution in [1.82, 2.24) is 4.90 Å². The molecule has 2 amide bonds. The van der Waals surface area contributed by atoms with Gasteiger partial charge in [0.05, 0.1) is 23.6 Å². The van der Waals surface area contributed by atoms with Crippen LogP contribution in [0.15, 0.2) is 89.8 Å². The van der Waals surface area contributed by atoms with E-state index in [2.05, 4.69) is 22.6 Å². The second-order valence-corrected chi connectivity index (χ2v) is 10.6. The monoisotopic (exact) mass is 635 g/mol. The van der Waals surface area contributed by atoms with Gasteiger partial charge in [-0.2, -0.15) is 0 Å². The summed E-state index contributed by atoms with van der Waals surface area (Å²) in [6.07, 6.45) is 1.66. The Kier molecular flexibility index (Phi) is 7.80. The van der Waals surface area contributed by atoms with Crippen LogP contribution in [0.1, 0.15) is 28.4 Å². The van der Waals surface area contributed by atoms with Gasteiger partial charge < -0.3 is 9.47 Å². The minimum Gasteiger partial charge on any atom is -0.490 e. The van der Waals surface area contributed by atoms with Crippen molar-refractivity contribution in [1.29, 1.82) is 0 Å². The molecule has 4 aromatic carbocycles. The average molecular weight is 635 g/mol. The summed E-state index contributed by atoms with van der Waals surface area (Å²) < 4.78 is 12.1. The standard InChI is InChI=1S/C30H22INO5S/c1-2-36-26-16-19(14-15-25(26)37-29(34)23-12-5-6-13-24(23)31)17-27-28(33)32(30(35)38-27)18-21-10-7-9-20-8-3-4-11-22(20)21/h3-17H,2,18H2,1H3/b27-17-. The molecule has 8 heteroatoms. The minimum absolute atomic E-state index is 0.195. The van der Waals surface area contributed by atoms with Crippen LogP contribution in [-0.2, 0) is 11.3 Å². The van der Waals surface area contributed by atoms with Crippen molar-refractivity contribution in [3.05, 3.63) is 110 Å². The van der Waals surface area contributed by atoms with Crippen molar-refractivity contribution in [2.45, 2.75) is 13.5 Å². The number of carbonyl (C=O) groups excluding carboxylic acids is 3. The average Bonchev–Trinajstić information content (AvgIpc) is 3.18. The molecule has 0 atom stereocenters. The lowest BCUT2D eigenvalue weighted by atomic mass is 10.0. The molecule has 1 heterocycles. The zero-order valence-corrected chi connectivity index (χ0v) is 23.3. The van der Waals surface area contributed by atoms with Crippen molar-refractivity contribution < 1.29 is 23.9 Å². The Bertz CT molecular complexity index is 1590. The first-order chi connectivity index (χ1) is 18.4. The molecule has 0 saturated carbocycles. The highest BCUT2D eigenvalue weighted by atomic mass is 127. The molecular formula is C30H22INO5S. The third-order valence-corrected chi connectivity index (χ3v) is 7.79. The zero-order chi connectivity index (χ0) is 26.6. The van der Waals surface area contributed by atoms with Crippen LogP contribution < -0.4 is 9.47 Å². The van der Waals surface area contributed by atoms with E-state index in [1.807, 2.05) is 61.5 Å². The summed E-state index contributed by atoms with van der Waals surface area (Å²) in [5.41, 5.74) is 2.02. The van der Waals surface area contributed by atoms with Gasteiger partial charge >= 0.3 is 5.97 Å². The topological polar surface area (TPSA) is 72.9 Å². The van der Waals surface area contributed by atoms with Crippen LogP contribution in [-0.4, -0.2) is 28.6 Å². The molecule has 1 aliphatic rings. The van der Waals surface area contributed by atoms with E-state index in [-0.39, 0.29) is 23.4 Å². The van der Waals surface area contributed by atoms with Gasteiger partial charge in [0, 0.05) is 3.57 Å². The lowest BCUT2D eigenvalue weighted by Crippen LogP contribution is -2.27. The number of halogens is 1. The van der Waals surface area contributed by atoms with E-state index in [9.17, 15) is 14.4 Å². The van der Waals surface area contributed by atoms with E-state index in [4.69, 9.17) is 9.47 Å². The maximum absolute atomic E-state index is 13.2. The van der Waals surface area contributed by atoms with Gasteiger partial charge in [-0.3, -0.25) is 14.5 Å². The summed E-state index contributed by atoms with van der Waals surface area (Å²) in [5, 5.41) is 1.75. The molecule has 0 aliphatic carbocycles. The number of hydrogen-bond donors (Lipinski definition) is 0. The van der Waals surface area contributed by atoms with Crippen LogP contribution in [0, 0.1) is 3.57 Å². The fourth-order valence-electron chi connectivity index (χ4n) is 4.14. The van der Waals surface area contributed by atoms with Crippen molar-refractivity contribution in [3.63, 3.8) is 0 Å². The Morgan fingerprint density at radius 2 is 1.71 bits per heavy atom. The Morgan fingerprint density at radius 3 is 2.53 bits per heavy atom. The number of amides is 2. The van der Waals surface area contributed by atoms with Gasteiger partial charge in [0.15, 0.2) is 11.5 Å². The molecule has 0 bridgehead atoms. The van der Waals surface area contributed by atoms with Crippen LogP contribution in [0.25, 0.3) is 16.8 Å². The van der Waals surface area contributed by atoms with Crippen molar-refractivity contribution >= 4 is 68.3 Å². The third kappa shape index (κ3) is 5.46. The molecule has 4 aromatic rings. The first-order valence-corrected chi connectivity index (χ1v) is 13.8. The lowest BCUT2D eigenvalue weighted by Gasteiger charge is -2.14. The predicted molar refractivity (Wildman–Crippen MR) is 157 cm³/mol. The highest BCUT2D eigenvalue weighted by Gasteiger charge is 2.35. The van der Waals surface area contributed by atoms with Gasteiger partial charge in [-0.15, -0.1) is 0 Å². The van der Waals surface area contributed by atoms with E-state index < -0.39 is 5.97 Å². The van der Waals surface area contributed by atoms with Gasteiger partial charge in [0.1, 0.15) is 0 Å². The molecule has 0 spiro atoms. The van der Waals surface area contributed by atoms with E-state index in [0.717, 1.165) is 31.7 Å². The van der Waals surface area contributed by atoms with E-state index in [1.54, 1.807) is 36.4 Å². The number of esters is 1. The zero-order valence-electron chi connectivity index (χ0n) is 20.3. The summed E-state index contributed by atoms with van der Waals surface area (Å²) in [6.45, 7) is 2.39. The Labute approximate surface area is 237 Å². The van der Waals surface area contributed by atoms with Crippen molar-refractivity contribution in [2.24, 2.45) is 0 Å². The number of carbonyl (C=O) groups is 3. The number of fused-ring (bicyclic) bond motifs is 1. The highest BCUT2D eigenvalue weighted by Crippen LogP contribution is 2.36. The fraction of sp³-hybridized carbons (Fsp3) is 0.100. The van der Waals surface area contributed by atoms with E-state index in [0.29, 0.717) is 28.4 Å². The lowest BCUT2D eigenvalue weighted by molar-refractivity contribution is -0.123. The summed E-state index contributed by atoms with van der Waals surface area (Å²) in [4.78, 5) is 40.3. The normalized spacial score (nSPS) is 14.4. The Balaban J connectivity index is 1.37. The summed E-state index contributed by atoms with van der Waals surface area (Å²) in [6, 6.07) is 26.0. The van der Waals surface area contributed by atoms with Crippen molar-refractivity contribution in [3.8, 4) is 11.5 Å². The Hall–Kier alpha value is -3.63. The molecule has 0 unspecified atom stereocenters. The third-order valence-electron chi connectivity index (χ3n) is 5.94. The van der Waals surface area contributed by atoms with Crippen LogP contribution in [0.5, 0.6) is 11.5 Å². The maximum atomic E-state index is 13.2. The van der Waals surface area contributed by atoms with Gasteiger partial charge in [0.2, 0.25) is 0 Å². The number of benzene rings is 4. The smallest absolute Gasteiger partial charge is 0.344 e. The maximum Gasteiger partial charge on any atom is 0.344 e. The van der Waals surface area contributed by atoms with Gasteiger partial charge in [0.25, 0.3) is 11.1 Å². The first-order valence-electron chi connectivity index (χ1n) is 11.9. The molecule has 0 aromatic heterocycles. The molecule has 0 radical (unpaired) electrons. The fourth-order valence-corrected chi connectivity index (χ4v) is 5.58. The molecule has 190 valence electrons. The molecule has 6 nitrogen and oxygen atoms in total. The number of nitrogens with zero attached hydrogens (tertiary/aromatic N) is 1. The molecule has 1 aliphatic heterocycles. The van der Waals surface area contributed by atoms with Crippen LogP contribution in [0.2, 0.25) is 0 Å². The van der Waals surface area contributed by atoms with Crippen LogP contribution in [0.4, 0.5) is 4.79 Å². The number of hydrogen-bond acceptors (Lipinski definition) is 6. The number of thioether (sulfide) groups is 1. The molecular weight excluding hydrogens is 613 g/mol. The van der Waals surface area contributed by atoms with Gasteiger partial charge in [-0.1, -0.05) is 60.7 Å². The number of rotatable bonds is 7. The van der Waals surface area contributed by atoms with E-state index in [1.165, 1.54) is 4.90 Å². The van der Waals surface area contributed by atoms with Gasteiger partial charge in [-0.25, -0.2) is 4.79 Å². The van der Waals surface area contributed by atoms with Gasteiger partial charge in [-0.05, 0) is 93.5 Å². The molecule has 1 fully saturated rings. The molecule has 1 saturated heterocycles. The quantitative estimate of drug-likeness (QED) is 0.0919. The number of ether oxygens (including phenoxy) is 2. The van der Waals surface area contributed by atoms with E-state index >= 15 is 0 Å². The first kappa shape index (κ1) is 26.0.